The molecule has 3 heterocycles. The van der Waals surface area contributed by atoms with E-state index in [-0.39, 0.29) is 6.04 Å². The molecule has 7 nitrogen and oxygen atoms in total. The Kier molecular flexibility index (Phi) is 5.21. The normalized spacial score (nSPS) is 19.0. The van der Waals surface area contributed by atoms with Crippen molar-refractivity contribution in [2.45, 2.75) is 38.8 Å². The summed E-state index contributed by atoms with van der Waals surface area (Å²) in [5, 5.41) is 4.35. The van der Waals surface area contributed by atoms with E-state index in [9.17, 15) is 8.42 Å². The van der Waals surface area contributed by atoms with Gasteiger partial charge in [-0.25, -0.2) is 0 Å². The average Bonchev–Trinajstić information content (AvgIpc) is 3.24. The van der Waals surface area contributed by atoms with Gasteiger partial charge in [0.2, 0.25) is 0 Å². The molecule has 25 heavy (non-hydrogen) atoms. The van der Waals surface area contributed by atoms with E-state index in [1.807, 2.05) is 22.9 Å². The van der Waals surface area contributed by atoms with Gasteiger partial charge in [0.15, 0.2) is 0 Å². The lowest BCUT2D eigenvalue weighted by molar-refractivity contribution is 0.362. The lowest BCUT2D eigenvalue weighted by Gasteiger charge is -2.27. The third-order valence-corrected chi connectivity index (χ3v) is 6.50. The highest BCUT2D eigenvalue weighted by Crippen LogP contribution is 2.35. The summed E-state index contributed by atoms with van der Waals surface area (Å²) < 4.78 is 30.0. The van der Waals surface area contributed by atoms with Gasteiger partial charge in [-0.15, -0.1) is 0 Å². The molecule has 1 atom stereocenters. The summed E-state index contributed by atoms with van der Waals surface area (Å²) >= 11 is 0. The van der Waals surface area contributed by atoms with E-state index in [1.165, 1.54) is 4.31 Å². The van der Waals surface area contributed by atoms with Crippen LogP contribution in [0.1, 0.15) is 37.8 Å². The molecule has 8 heteroatoms. The van der Waals surface area contributed by atoms with Gasteiger partial charge >= 0.3 is 0 Å². The molecule has 0 spiro atoms. The van der Waals surface area contributed by atoms with E-state index in [4.69, 9.17) is 0 Å². The summed E-state index contributed by atoms with van der Waals surface area (Å²) in [6, 6.07) is 5.72. The SMILES string of the molecule is CCCn1nccc1-c1cc(C2CCCN2S(=O)(=O)N(C)C)ccn1. The molecular weight excluding hydrogens is 338 g/mol. The lowest BCUT2D eigenvalue weighted by Crippen LogP contribution is -2.39. The summed E-state index contributed by atoms with van der Waals surface area (Å²) in [5.74, 6) is 0. The van der Waals surface area contributed by atoms with Gasteiger partial charge in [-0.05, 0) is 43.0 Å². The predicted molar refractivity (Wildman–Crippen MR) is 97.0 cm³/mol. The summed E-state index contributed by atoms with van der Waals surface area (Å²) in [5.41, 5.74) is 2.78. The van der Waals surface area contributed by atoms with Crippen LogP contribution in [0.2, 0.25) is 0 Å². The molecule has 0 radical (unpaired) electrons. The zero-order valence-corrected chi connectivity index (χ0v) is 15.8. The molecule has 0 aliphatic carbocycles. The third-order valence-electron chi connectivity index (χ3n) is 4.54. The van der Waals surface area contributed by atoms with Gasteiger partial charge in [-0.1, -0.05) is 6.92 Å². The molecule has 3 rings (SSSR count). The van der Waals surface area contributed by atoms with Crippen molar-refractivity contribution >= 4 is 10.2 Å². The molecule has 0 aromatic carbocycles. The van der Waals surface area contributed by atoms with Gasteiger partial charge in [-0.2, -0.15) is 22.1 Å². The third kappa shape index (κ3) is 3.47. The fourth-order valence-electron chi connectivity index (χ4n) is 3.29. The Bertz CT molecular complexity index is 831. The minimum Gasteiger partial charge on any atom is -0.263 e. The molecule has 1 unspecified atom stereocenters. The first-order valence-corrected chi connectivity index (χ1v) is 10.0. The average molecular weight is 363 g/mol. The van der Waals surface area contributed by atoms with Crippen molar-refractivity contribution in [3.05, 3.63) is 36.2 Å². The van der Waals surface area contributed by atoms with E-state index < -0.39 is 10.2 Å². The van der Waals surface area contributed by atoms with Crippen LogP contribution in [-0.4, -0.2) is 52.4 Å². The molecule has 136 valence electrons. The van der Waals surface area contributed by atoms with Crippen LogP contribution in [0.3, 0.4) is 0 Å². The highest BCUT2D eigenvalue weighted by molar-refractivity contribution is 7.86. The maximum absolute atomic E-state index is 12.6. The number of rotatable bonds is 6. The number of hydrogen-bond acceptors (Lipinski definition) is 4. The second-order valence-electron chi connectivity index (χ2n) is 6.47. The highest BCUT2D eigenvalue weighted by Gasteiger charge is 2.36. The van der Waals surface area contributed by atoms with Gasteiger partial charge in [0.05, 0.1) is 17.4 Å². The number of pyridine rings is 1. The Morgan fingerprint density at radius 1 is 1.28 bits per heavy atom. The number of nitrogens with zero attached hydrogens (tertiary/aromatic N) is 5. The maximum Gasteiger partial charge on any atom is 0.282 e. The van der Waals surface area contributed by atoms with Crippen molar-refractivity contribution in [3.8, 4) is 11.4 Å². The van der Waals surface area contributed by atoms with Crippen LogP contribution in [0.15, 0.2) is 30.6 Å². The lowest BCUT2D eigenvalue weighted by atomic mass is 10.1. The predicted octanol–water partition coefficient (Wildman–Crippen LogP) is 2.30. The Balaban J connectivity index is 1.95. The van der Waals surface area contributed by atoms with Crippen LogP contribution in [-0.2, 0) is 16.8 Å². The minimum absolute atomic E-state index is 0.142. The standard InChI is InChI=1S/C17H25N5O2S/c1-4-11-21-17(8-10-19-21)15-13-14(7-9-18-15)16-6-5-12-22(16)25(23,24)20(2)3/h7-10,13,16H,4-6,11-12H2,1-3H3. The van der Waals surface area contributed by atoms with E-state index in [1.54, 1.807) is 30.8 Å². The van der Waals surface area contributed by atoms with E-state index in [0.29, 0.717) is 6.54 Å². The number of aromatic nitrogens is 3. The Labute approximate surface area is 149 Å². The molecule has 0 N–H and O–H groups in total. The molecule has 1 fully saturated rings. The van der Waals surface area contributed by atoms with E-state index in [0.717, 1.165) is 42.8 Å². The van der Waals surface area contributed by atoms with Gasteiger partial charge < -0.3 is 0 Å². The summed E-state index contributed by atoms with van der Waals surface area (Å²) in [6.45, 7) is 3.49. The topological polar surface area (TPSA) is 71.3 Å². The molecule has 1 saturated heterocycles. The number of hydrogen-bond donors (Lipinski definition) is 0. The van der Waals surface area contributed by atoms with E-state index in [2.05, 4.69) is 17.0 Å². The fourth-order valence-corrected chi connectivity index (χ4v) is 4.62. The molecule has 2 aromatic heterocycles. The summed E-state index contributed by atoms with van der Waals surface area (Å²) in [4.78, 5) is 4.48. The molecule has 0 bridgehead atoms. The zero-order chi connectivity index (χ0) is 18.0. The van der Waals surface area contributed by atoms with Crippen molar-refractivity contribution in [3.63, 3.8) is 0 Å². The van der Waals surface area contributed by atoms with Crippen LogP contribution in [0.25, 0.3) is 11.4 Å². The first-order chi connectivity index (χ1) is 11.9. The quantitative estimate of drug-likeness (QED) is 0.789. The molecular formula is C17H25N5O2S. The summed E-state index contributed by atoms with van der Waals surface area (Å²) in [6.07, 6.45) is 6.21. The van der Waals surface area contributed by atoms with Gasteiger partial charge in [-0.3, -0.25) is 9.67 Å². The van der Waals surface area contributed by atoms with Crippen molar-refractivity contribution in [2.75, 3.05) is 20.6 Å². The van der Waals surface area contributed by atoms with Crippen molar-refractivity contribution in [2.24, 2.45) is 0 Å². The molecule has 2 aromatic rings. The smallest absolute Gasteiger partial charge is 0.263 e. The summed E-state index contributed by atoms with van der Waals surface area (Å²) in [7, 11) is -0.278. The Morgan fingerprint density at radius 2 is 2.08 bits per heavy atom. The molecule has 1 aliphatic rings. The maximum atomic E-state index is 12.6. The highest BCUT2D eigenvalue weighted by atomic mass is 32.2. The van der Waals surface area contributed by atoms with Crippen molar-refractivity contribution < 1.29 is 8.42 Å². The molecule has 0 amide bonds. The first-order valence-electron chi connectivity index (χ1n) is 8.62. The first kappa shape index (κ1) is 18.0. The van der Waals surface area contributed by atoms with Gasteiger partial charge in [0, 0.05) is 39.6 Å². The van der Waals surface area contributed by atoms with Crippen LogP contribution >= 0.6 is 0 Å². The van der Waals surface area contributed by atoms with Gasteiger partial charge in [0.1, 0.15) is 0 Å². The van der Waals surface area contributed by atoms with Crippen LogP contribution in [0.4, 0.5) is 0 Å². The van der Waals surface area contributed by atoms with Gasteiger partial charge in [0.25, 0.3) is 10.2 Å². The fraction of sp³-hybridized carbons (Fsp3) is 0.529. The van der Waals surface area contributed by atoms with Crippen LogP contribution in [0, 0.1) is 0 Å². The Hall–Kier alpha value is -1.77. The van der Waals surface area contributed by atoms with Crippen molar-refractivity contribution in [1.82, 2.24) is 23.4 Å². The van der Waals surface area contributed by atoms with E-state index >= 15 is 0 Å². The minimum atomic E-state index is -3.43. The van der Waals surface area contributed by atoms with Crippen LogP contribution < -0.4 is 0 Å². The largest absolute Gasteiger partial charge is 0.282 e. The second-order valence-corrected chi connectivity index (χ2v) is 8.57. The molecule has 0 saturated carbocycles. The Morgan fingerprint density at radius 3 is 2.80 bits per heavy atom. The zero-order valence-electron chi connectivity index (χ0n) is 15.0. The van der Waals surface area contributed by atoms with Crippen LogP contribution in [0.5, 0.6) is 0 Å². The monoisotopic (exact) mass is 363 g/mol. The number of aryl methyl sites for hydroxylation is 1. The van der Waals surface area contributed by atoms with Crippen molar-refractivity contribution in [1.29, 1.82) is 0 Å². The molecule has 1 aliphatic heterocycles. The second kappa shape index (κ2) is 7.23.